The van der Waals surface area contributed by atoms with E-state index in [0.717, 1.165) is 36.0 Å². The molecule has 1 saturated heterocycles. The summed E-state index contributed by atoms with van der Waals surface area (Å²) in [7, 11) is -2.94. The Hall–Kier alpha value is -3.98. The summed E-state index contributed by atoms with van der Waals surface area (Å²) in [5.41, 5.74) is 12.3. The van der Waals surface area contributed by atoms with Gasteiger partial charge in [0.2, 0.25) is 23.6 Å². The average molecular weight is 1170 g/mol. The molecule has 24 heteroatoms. The van der Waals surface area contributed by atoms with Crippen LogP contribution in [-0.2, 0) is 68.0 Å². The molecule has 74 heavy (non-hydrogen) atoms. The molecule has 2 aliphatic heterocycles. The Morgan fingerprint density at radius 1 is 0.635 bits per heavy atom. The van der Waals surface area contributed by atoms with E-state index >= 15 is 0 Å². The minimum Gasteiger partial charge on any atom is -0.391 e. The lowest BCUT2D eigenvalue weighted by Crippen LogP contribution is -2.33. The van der Waals surface area contributed by atoms with E-state index in [1.165, 1.54) is 0 Å². The molecule has 1 unspecified atom stereocenters. The highest BCUT2D eigenvalue weighted by atomic mass is 127. The molecule has 0 saturated carbocycles. The second-order valence-corrected chi connectivity index (χ2v) is 19.4. The Labute approximate surface area is 448 Å². The van der Waals surface area contributed by atoms with Crippen molar-refractivity contribution in [2.24, 2.45) is 5.11 Å². The monoisotopic (exact) mass is 1170 g/mol. The maximum Gasteiger partial charge on any atom is 0.316 e. The number of hydrogen-bond donors (Lipinski definition) is 6. The lowest BCUT2D eigenvalue weighted by atomic mass is 9.95. The van der Waals surface area contributed by atoms with Gasteiger partial charge in [0.1, 0.15) is 5.70 Å². The van der Waals surface area contributed by atoms with Crippen LogP contribution in [0.15, 0.2) is 53.6 Å². The number of aliphatic hydroxyl groups excluding tert-OH is 1. The maximum absolute atomic E-state index is 14.0. The molecular formula is C50H77IN7O15P. The standard InChI is InChI=1S/C50H77IN7O15P/c51-44-36-40(59)38-58(44)48(63)15-2-1-9-18-53-46(61)17-21-66-24-27-69-30-31-70-29-26-68-23-20-55-49-42-12-5-6-13-43(42)57(37-39-10-3-4-11-41(39)50(49)56-52)47(62)16-8-7-14-45(60)54-19-22-67-25-28-71-32-33-72-34-35-73-74(64)65/h3-6,10-13,40,44,52,55,59,74H,1-2,7-9,14-38H2,(H,53,61)(H,54,60)(H,64,65)/b50-49-,56-52?/t40-,44+/m1/s1. The predicted molar refractivity (Wildman–Crippen MR) is 285 cm³/mol. The van der Waals surface area contributed by atoms with Crippen molar-refractivity contribution < 1.29 is 71.4 Å². The van der Waals surface area contributed by atoms with Crippen molar-refractivity contribution in [2.45, 2.75) is 80.9 Å². The van der Waals surface area contributed by atoms with Gasteiger partial charge in [0.15, 0.2) is 0 Å². The van der Waals surface area contributed by atoms with Gasteiger partial charge >= 0.3 is 8.25 Å². The highest BCUT2D eigenvalue weighted by molar-refractivity contribution is 14.1. The van der Waals surface area contributed by atoms with Gasteiger partial charge in [0, 0.05) is 69.4 Å². The summed E-state index contributed by atoms with van der Waals surface area (Å²) in [6, 6.07) is 15.2. The molecule has 2 aromatic carbocycles. The van der Waals surface area contributed by atoms with Gasteiger partial charge in [0.25, 0.3) is 0 Å². The summed E-state index contributed by atoms with van der Waals surface area (Å²) in [5, 5.41) is 22.9. The van der Waals surface area contributed by atoms with E-state index in [2.05, 4.69) is 48.2 Å². The van der Waals surface area contributed by atoms with Gasteiger partial charge in [-0.25, -0.2) is 5.53 Å². The number of hydrogen-bond acceptors (Lipinski definition) is 17. The third-order valence-corrected chi connectivity index (χ3v) is 13.2. The lowest BCUT2D eigenvalue weighted by Gasteiger charge is -2.30. The Morgan fingerprint density at radius 3 is 1.80 bits per heavy atom. The number of alkyl halides is 1. The summed E-state index contributed by atoms with van der Waals surface area (Å²) in [5.74, 6) is -0.210. The fraction of sp³-hybridized carbons (Fsp3) is 0.640. The minimum atomic E-state index is -2.94. The number of unbranched alkanes of at least 4 members (excludes halogenated alkanes) is 3. The van der Waals surface area contributed by atoms with Crippen molar-refractivity contribution in [2.75, 3.05) is 130 Å². The van der Waals surface area contributed by atoms with Gasteiger partial charge in [-0.2, -0.15) is 5.11 Å². The Balaban J connectivity index is 1.05. The van der Waals surface area contributed by atoms with E-state index in [-0.39, 0.29) is 66.7 Å². The van der Waals surface area contributed by atoms with Gasteiger partial charge in [-0.3, -0.25) is 23.7 Å². The zero-order valence-corrected chi connectivity index (χ0v) is 45.6. The fourth-order valence-electron chi connectivity index (χ4n) is 7.86. The molecule has 0 spiro atoms. The van der Waals surface area contributed by atoms with Crippen LogP contribution in [0.2, 0.25) is 0 Å². The van der Waals surface area contributed by atoms with E-state index in [4.69, 9.17) is 43.6 Å². The lowest BCUT2D eigenvalue weighted by molar-refractivity contribution is -0.131. The molecule has 2 heterocycles. The Bertz CT molecular complexity index is 2040. The van der Waals surface area contributed by atoms with E-state index in [1.807, 2.05) is 48.5 Å². The number of nitrogens with one attached hydrogen (secondary N) is 4. The number of nitrogens with zero attached hydrogens (tertiary/aromatic N) is 3. The molecule has 2 aliphatic rings. The summed E-state index contributed by atoms with van der Waals surface area (Å²) in [4.78, 5) is 63.0. The SMILES string of the molecule is N=N/C1=C(\NCCOCCOCCOCCOCCC(=O)NCCCCCC(=O)N2C[C@H](O)C[C@H]2I)c2ccccc2N(C(=O)CCCCC(=O)NCCOCCOCCOCCO[PH](=O)O)Cc2ccccc21. The fourth-order valence-corrected chi connectivity index (χ4v) is 9.24. The van der Waals surface area contributed by atoms with E-state index < -0.39 is 14.4 Å². The smallest absolute Gasteiger partial charge is 0.316 e. The van der Waals surface area contributed by atoms with E-state index in [1.54, 1.807) is 9.80 Å². The number of carbonyl (C=O) groups excluding carboxylic acids is 4. The third-order valence-electron chi connectivity index (χ3n) is 11.6. The molecule has 3 atom stereocenters. The average Bonchev–Trinajstić information content (AvgIpc) is 3.74. The highest BCUT2D eigenvalue weighted by Crippen LogP contribution is 2.37. The molecule has 0 bridgehead atoms. The predicted octanol–water partition coefficient (Wildman–Crippen LogP) is 4.59. The highest BCUT2D eigenvalue weighted by Gasteiger charge is 2.32. The van der Waals surface area contributed by atoms with Crippen LogP contribution in [0, 0.1) is 5.53 Å². The van der Waals surface area contributed by atoms with E-state index in [9.17, 15) is 28.8 Å². The number of anilines is 1. The number of β-amino-alcohol motifs (C(OH)–C–C–N with tert-alkyl or cyclic N) is 1. The van der Waals surface area contributed by atoms with Crippen molar-refractivity contribution in [1.29, 1.82) is 5.53 Å². The molecule has 2 aromatic rings. The Morgan fingerprint density at radius 2 is 1.16 bits per heavy atom. The van der Waals surface area contributed by atoms with Crippen molar-refractivity contribution in [3.8, 4) is 0 Å². The first kappa shape index (κ1) is 62.6. The molecule has 414 valence electrons. The summed E-state index contributed by atoms with van der Waals surface area (Å²) in [6.07, 6.45) is 4.85. The zero-order valence-electron chi connectivity index (χ0n) is 42.4. The quantitative estimate of drug-likeness (QED) is 0.0133. The molecule has 22 nitrogen and oxygen atoms in total. The summed E-state index contributed by atoms with van der Waals surface area (Å²) >= 11 is 2.20. The van der Waals surface area contributed by atoms with Crippen molar-refractivity contribution >= 4 is 71.6 Å². The first-order valence-electron chi connectivity index (χ1n) is 25.5. The Kier molecular flexibility index (Phi) is 32.6. The number of ether oxygens (including phenoxy) is 7. The van der Waals surface area contributed by atoms with Crippen LogP contribution in [0.5, 0.6) is 0 Å². The number of benzene rings is 2. The number of para-hydroxylation sites is 1. The van der Waals surface area contributed by atoms with Crippen molar-refractivity contribution in [3.63, 3.8) is 0 Å². The van der Waals surface area contributed by atoms with Crippen LogP contribution in [0.4, 0.5) is 5.69 Å². The number of likely N-dealkylation sites (tertiary alicyclic amines) is 1. The molecule has 4 rings (SSSR count). The van der Waals surface area contributed by atoms with Crippen LogP contribution < -0.4 is 20.9 Å². The van der Waals surface area contributed by atoms with Crippen LogP contribution in [-0.4, -0.2) is 174 Å². The van der Waals surface area contributed by atoms with Crippen LogP contribution >= 0.6 is 30.8 Å². The van der Waals surface area contributed by atoms with Gasteiger partial charge in [-0.15, -0.1) is 0 Å². The molecular weight excluding hydrogens is 1100 g/mol. The molecule has 4 amide bonds. The number of aliphatic hydroxyl groups is 1. The normalized spacial score (nSPS) is 16.7. The summed E-state index contributed by atoms with van der Waals surface area (Å²) in [6.45, 7) is 6.81. The molecule has 1 fully saturated rings. The van der Waals surface area contributed by atoms with Crippen molar-refractivity contribution in [3.05, 3.63) is 65.2 Å². The number of fused-ring (bicyclic) bond motifs is 2. The second-order valence-electron chi connectivity index (χ2n) is 17.2. The number of rotatable bonds is 41. The third kappa shape index (κ3) is 25.2. The van der Waals surface area contributed by atoms with Gasteiger partial charge in [-0.05, 0) is 37.3 Å². The molecule has 0 aromatic heterocycles. The van der Waals surface area contributed by atoms with E-state index in [0.29, 0.717) is 155 Å². The van der Waals surface area contributed by atoms with Gasteiger partial charge < -0.3 is 73.4 Å². The molecule has 0 radical (unpaired) electrons. The maximum atomic E-state index is 14.0. The second kappa shape index (κ2) is 38.5. The molecule has 6 N–H and O–H groups in total. The van der Waals surface area contributed by atoms with Crippen LogP contribution in [0.1, 0.15) is 80.9 Å². The van der Waals surface area contributed by atoms with Gasteiger partial charge in [-0.1, -0.05) is 71.5 Å². The van der Waals surface area contributed by atoms with Crippen LogP contribution in [0.25, 0.3) is 11.4 Å². The summed E-state index contributed by atoms with van der Waals surface area (Å²) < 4.78 is 53.8. The first-order chi connectivity index (χ1) is 36.1. The minimum absolute atomic E-state index is 0.0448. The first-order valence-corrected chi connectivity index (χ1v) is 28.0. The van der Waals surface area contributed by atoms with Crippen LogP contribution in [0.3, 0.4) is 0 Å². The van der Waals surface area contributed by atoms with Gasteiger partial charge in [0.05, 0.1) is 127 Å². The number of amides is 4. The number of halogens is 1. The van der Waals surface area contributed by atoms with Crippen molar-refractivity contribution in [1.82, 2.24) is 20.9 Å². The largest absolute Gasteiger partial charge is 0.391 e. The topological polar surface area (TPSA) is 278 Å². The molecule has 0 aliphatic carbocycles. The number of carbonyl (C=O) groups is 4. The zero-order chi connectivity index (χ0) is 53.0.